The second kappa shape index (κ2) is 8.05. The van der Waals surface area contributed by atoms with Crippen LogP contribution in [0.25, 0.3) is 0 Å². The lowest BCUT2D eigenvalue weighted by Crippen LogP contribution is -2.44. The molecule has 0 unspecified atom stereocenters. The molecule has 0 amide bonds. The van der Waals surface area contributed by atoms with Gasteiger partial charge in [-0.2, -0.15) is 0 Å². The summed E-state index contributed by atoms with van der Waals surface area (Å²) in [4.78, 5) is 14.8. The summed E-state index contributed by atoms with van der Waals surface area (Å²) in [6.45, 7) is 3.04. The Kier molecular flexibility index (Phi) is 7.35. The summed E-state index contributed by atoms with van der Waals surface area (Å²) in [5.74, 6) is -0.751. The first-order chi connectivity index (χ1) is 7.11. The molecule has 15 heavy (non-hydrogen) atoms. The monoisotopic (exact) mass is 216 g/mol. The zero-order valence-electron chi connectivity index (χ0n) is 9.07. The van der Waals surface area contributed by atoms with E-state index in [0.29, 0.717) is 25.9 Å². The zero-order valence-corrected chi connectivity index (χ0v) is 9.07. The molecule has 6 N–H and O–H groups in total. The van der Waals surface area contributed by atoms with Gasteiger partial charge in [0.25, 0.3) is 0 Å². The zero-order chi connectivity index (χ0) is 11.7. The van der Waals surface area contributed by atoms with Gasteiger partial charge >= 0.3 is 5.97 Å². The summed E-state index contributed by atoms with van der Waals surface area (Å²) in [6, 6.07) is -0.700. The van der Waals surface area contributed by atoms with E-state index in [1.54, 1.807) is 0 Å². The van der Waals surface area contributed by atoms with Crippen molar-refractivity contribution < 1.29 is 9.90 Å². The smallest absolute Gasteiger partial charge is 0.326 e. The van der Waals surface area contributed by atoms with E-state index in [9.17, 15) is 4.79 Å². The maximum Gasteiger partial charge on any atom is 0.326 e. The molecule has 0 aromatic heterocycles. The van der Waals surface area contributed by atoms with E-state index in [1.165, 1.54) is 0 Å². The number of nitrogens with one attached hydrogen (secondary N) is 1. The van der Waals surface area contributed by atoms with E-state index >= 15 is 0 Å². The van der Waals surface area contributed by atoms with Gasteiger partial charge in [-0.25, -0.2) is 4.79 Å². The molecule has 0 aliphatic rings. The molecule has 6 nitrogen and oxygen atoms in total. The number of hydrogen-bond acceptors (Lipinski definition) is 3. The molecule has 88 valence electrons. The van der Waals surface area contributed by atoms with Crippen LogP contribution in [0.15, 0.2) is 4.99 Å². The highest BCUT2D eigenvalue weighted by Gasteiger charge is 2.16. The van der Waals surface area contributed by atoms with E-state index in [-0.39, 0.29) is 5.96 Å². The lowest BCUT2D eigenvalue weighted by molar-refractivity contribution is -0.139. The minimum absolute atomic E-state index is 0.182. The molecule has 0 fully saturated rings. The van der Waals surface area contributed by atoms with Gasteiger partial charge in [-0.15, -0.1) is 0 Å². The van der Waals surface area contributed by atoms with Crippen LogP contribution >= 0.6 is 0 Å². The summed E-state index contributed by atoms with van der Waals surface area (Å²) in [7, 11) is 0. The molecular weight excluding hydrogens is 196 g/mol. The van der Waals surface area contributed by atoms with Crippen molar-refractivity contribution in [3.8, 4) is 0 Å². The molecule has 0 spiro atoms. The Morgan fingerprint density at radius 1 is 1.60 bits per heavy atom. The van der Waals surface area contributed by atoms with Crippen molar-refractivity contribution in [2.45, 2.75) is 32.2 Å². The fourth-order valence-electron chi connectivity index (χ4n) is 1.04. The Morgan fingerprint density at radius 3 is 2.73 bits per heavy atom. The molecule has 0 saturated carbocycles. The molecule has 0 heterocycles. The minimum Gasteiger partial charge on any atom is -0.480 e. The Hall–Kier alpha value is -1.30. The highest BCUT2D eigenvalue weighted by atomic mass is 16.4. The third-order valence-corrected chi connectivity index (χ3v) is 1.82. The van der Waals surface area contributed by atoms with E-state index in [2.05, 4.69) is 10.3 Å². The van der Waals surface area contributed by atoms with Crippen LogP contribution in [0.4, 0.5) is 0 Å². The Balaban J connectivity index is 4.09. The molecule has 0 aromatic carbocycles. The molecule has 0 aromatic rings. The molecule has 0 aliphatic carbocycles. The second-order valence-electron chi connectivity index (χ2n) is 3.23. The third kappa shape index (κ3) is 6.73. The average Bonchev–Trinajstić information content (AvgIpc) is 2.20. The standard InChI is InChI=1S/C9H20N4O2/c1-2-6-12-9(11)13-7(8(14)15)4-3-5-10/h7H,2-6,10H2,1H3,(H,14,15)(H3,11,12,13)/t7-/m0/s1. The van der Waals surface area contributed by atoms with Gasteiger partial charge in [0.15, 0.2) is 5.96 Å². The number of carboxylic acids is 1. The lowest BCUT2D eigenvalue weighted by atomic mass is 10.1. The van der Waals surface area contributed by atoms with Gasteiger partial charge in [-0.1, -0.05) is 6.92 Å². The van der Waals surface area contributed by atoms with Crippen molar-refractivity contribution in [3.63, 3.8) is 0 Å². The van der Waals surface area contributed by atoms with Gasteiger partial charge in [0.05, 0.1) is 0 Å². The topological polar surface area (TPSA) is 114 Å². The SMILES string of the molecule is CCCN=C(N)N[C@@H](CCCN)C(=O)O. The molecule has 1 atom stereocenters. The van der Waals surface area contributed by atoms with Crippen molar-refractivity contribution >= 4 is 11.9 Å². The van der Waals surface area contributed by atoms with Crippen molar-refractivity contribution in [2.75, 3.05) is 13.1 Å². The largest absolute Gasteiger partial charge is 0.480 e. The molecule has 0 bridgehead atoms. The fraction of sp³-hybridized carbons (Fsp3) is 0.778. The van der Waals surface area contributed by atoms with E-state index in [4.69, 9.17) is 16.6 Å². The van der Waals surface area contributed by atoms with Gasteiger partial charge in [-0.05, 0) is 25.8 Å². The Bertz CT molecular complexity index is 218. The number of carbonyl (C=O) groups is 1. The van der Waals surface area contributed by atoms with Crippen molar-refractivity contribution in [1.29, 1.82) is 0 Å². The molecular formula is C9H20N4O2. The summed E-state index contributed by atoms with van der Waals surface area (Å²) in [5.41, 5.74) is 10.8. The lowest BCUT2D eigenvalue weighted by Gasteiger charge is -2.14. The van der Waals surface area contributed by atoms with Crippen LogP contribution in [0, 0.1) is 0 Å². The number of aliphatic imine (C=N–C) groups is 1. The minimum atomic E-state index is -0.932. The van der Waals surface area contributed by atoms with Gasteiger partial charge in [0.1, 0.15) is 6.04 Å². The van der Waals surface area contributed by atoms with Crippen molar-refractivity contribution in [3.05, 3.63) is 0 Å². The number of hydrogen-bond donors (Lipinski definition) is 4. The van der Waals surface area contributed by atoms with E-state index in [0.717, 1.165) is 6.42 Å². The average molecular weight is 216 g/mol. The highest BCUT2D eigenvalue weighted by Crippen LogP contribution is 1.96. The van der Waals surface area contributed by atoms with E-state index < -0.39 is 12.0 Å². The van der Waals surface area contributed by atoms with Crippen molar-refractivity contribution in [1.82, 2.24) is 5.32 Å². The molecule has 6 heteroatoms. The molecule has 0 saturated heterocycles. The molecule has 0 rings (SSSR count). The van der Waals surface area contributed by atoms with Crippen LogP contribution in [0.2, 0.25) is 0 Å². The summed E-state index contributed by atoms with van der Waals surface area (Å²) in [5, 5.41) is 11.5. The number of guanidine groups is 1. The summed E-state index contributed by atoms with van der Waals surface area (Å²) in [6.07, 6.45) is 1.97. The van der Waals surface area contributed by atoms with E-state index in [1.807, 2.05) is 6.92 Å². The van der Waals surface area contributed by atoms with Crippen LogP contribution in [0.3, 0.4) is 0 Å². The van der Waals surface area contributed by atoms with Crippen LogP contribution in [0.5, 0.6) is 0 Å². The fourth-order valence-corrected chi connectivity index (χ4v) is 1.04. The first kappa shape index (κ1) is 13.7. The van der Waals surface area contributed by atoms with Crippen LogP contribution in [-0.4, -0.2) is 36.2 Å². The third-order valence-electron chi connectivity index (χ3n) is 1.82. The number of aliphatic carboxylic acids is 1. The van der Waals surface area contributed by atoms with Crippen LogP contribution in [-0.2, 0) is 4.79 Å². The predicted octanol–water partition coefficient (Wildman–Crippen LogP) is -0.507. The number of nitrogens with two attached hydrogens (primary N) is 2. The van der Waals surface area contributed by atoms with Gasteiger partial charge < -0.3 is 21.9 Å². The Labute approximate surface area is 89.7 Å². The summed E-state index contributed by atoms with van der Waals surface area (Å²) >= 11 is 0. The number of carboxylic acid groups (broad SMARTS) is 1. The van der Waals surface area contributed by atoms with Crippen LogP contribution in [0.1, 0.15) is 26.2 Å². The normalized spacial score (nSPS) is 13.6. The molecule has 0 aliphatic heterocycles. The number of nitrogens with zero attached hydrogens (tertiary/aromatic N) is 1. The van der Waals surface area contributed by atoms with Gasteiger partial charge in [0, 0.05) is 6.54 Å². The van der Waals surface area contributed by atoms with Crippen LogP contribution < -0.4 is 16.8 Å². The predicted molar refractivity (Wildman–Crippen MR) is 59.6 cm³/mol. The quantitative estimate of drug-likeness (QED) is 0.338. The van der Waals surface area contributed by atoms with Crippen molar-refractivity contribution in [2.24, 2.45) is 16.5 Å². The maximum absolute atomic E-state index is 10.8. The number of rotatable bonds is 7. The Morgan fingerprint density at radius 2 is 2.27 bits per heavy atom. The van der Waals surface area contributed by atoms with Gasteiger partial charge in [-0.3, -0.25) is 4.99 Å². The van der Waals surface area contributed by atoms with Gasteiger partial charge in [0.2, 0.25) is 0 Å². The molecule has 0 radical (unpaired) electrons. The second-order valence-corrected chi connectivity index (χ2v) is 3.23. The first-order valence-corrected chi connectivity index (χ1v) is 5.11. The highest BCUT2D eigenvalue weighted by molar-refractivity contribution is 5.84. The maximum atomic E-state index is 10.8. The first-order valence-electron chi connectivity index (χ1n) is 5.11. The summed E-state index contributed by atoms with van der Waals surface area (Å²) < 4.78 is 0.